The molecule has 1 fully saturated rings. The smallest absolute Gasteiger partial charge is 0.224 e. The first-order chi connectivity index (χ1) is 13.0. The van der Waals surface area contributed by atoms with Crippen LogP contribution in [0.15, 0.2) is 59.5 Å². The molecule has 6 heteroatoms. The zero-order chi connectivity index (χ0) is 20.3. The van der Waals surface area contributed by atoms with E-state index < -0.39 is 21.6 Å². The summed E-state index contributed by atoms with van der Waals surface area (Å²) in [5.41, 5.74) is 2.44. The van der Waals surface area contributed by atoms with E-state index in [2.05, 4.69) is 12.2 Å². The Morgan fingerprint density at radius 3 is 1.93 bits per heavy atom. The van der Waals surface area contributed by atoms with Gasteiger partial charge in [-0.1, -0.05) is 36.4 Å². The summed E-state index contributed by atoms with van der Waals surface area (Å²) in [6.45, 7) is 1.46. The third-order valence-electron chi connectivity index (χ3n) is 5.43. The molecule has 0 bridgehead atoms. The fourth-order valence-electron chi connectivity index (χ4n) is 3.66. The van der Waals surface area contributed by atoms with Gasteiger partial charge in [-0.15, -0.1) is 0 Å². The van der Waals surface area contributed by atoms with E-state index in [4.69, 9.17) is 0 Å². The summed E-state index contributed by atoms with van der Waals surface area (Å²) in [6, 6.07) is 10.9. The van der Waals surface area contributed by atoms with Crippen molar-refractivity contribution in [1.29, 1.82) is 0 Å². The predicted octanol–water partition coefficient (Wildman–Crippen LogP) is 5.68. The van der Waals surface area contributed by atoms with Crippen LogP contribution in [0.5, 0.6) is 0 Å². The number of allylic oxidation sites excluding steroid dienone is 4. The van der Waals surface area contributed by atoms with Gasteiger partial charge in [0.2, 0.25) is 0 Å². The second-order valence-electron chi connectivity index (χ2n) is 7.67. The lowest BCUT2D eigenvalue weighted by Crippen LogP contribution is -2.08. The topological polar surface area (TPSA) is 34.1 Å². The number of halogens is 3. The lowest BCUT2D eigenvalue weighted by molar-refractivity contribution is -0.138. The summed E-state index contributed by atoms with van der Waals surface area (Å²) in [5, 5.41) is 0. The van der Waals surface area contributed by atoms with Gasteiger partial charge < -0.3 is 0 Å². The Balaban J connectivity index is 1.79. The van der Waals surface area contributed by atoms with E-state index >= 15 is 0 Å². The molecule has 1 saturated carbocycles. The van der Waals surface area contributed by atoms with Crippen molar-refractivity contribution < 1.29 is 21.6 Å². The average molecular weight is 404 g/mol. The highest BCUT2D eigenvalue weighted by atomic mass is 32.2. The Hall–Kier alpha value is -2.34. The standard InChI is InChI=1S/C22H19F3O2S/c1-14-3-4-16(11-20(14)22(23,24)25)19-13-21(9-10-21)12-18(19)15-5-7-17(8-6-15)28(2,26)27/h3-8,11-13H,9-10H2,1-2H3. The predicted molar refractivity (Wildman–Crippen MR) is 103 cm³/mol. The first kappa shape index (κ1) is 19.0. The number of hydrogen-bond acceptors (Lipinski definition) is 2. The Morgan fingerprint density at radius 1 is 0.893 bits per heavy atom. The van der Waals surface area contributed by atoms with Gasteiger partial charge in [0.1, 0.15) is 0 Å². The fourth-order valence-corrected chi connectivity index (χ4v) is 4.29. The van der Waals surface area contributed by atoms with Crippen molar-refractivity contribution in [1.82, 2.24) is 0 Å². The molecule has 0 unspecified atom stereocenters. The zero-order valence-corrected chi connectivity index (χ0v) is 16.3. The summed E-state index contributed by atoms with van der Waals surface area (Å²) in [6.07, 6.45) is 2.84. The third kappa shape index (κ3) is 3.41. The molecule has 2 aromatic rings. The molecule has 28 heavy (non-hydrogen) atoms. The first-order valence-electron chi connectivity index (χ1n) is 8.93. The maximum atomic E-state index is 13.4. The molecular formula is C22H19F3O2S. The molecule has 4 rings (SSSR count). The number of alkyl halides is 3. The van der Waals surface area contributed by atoms with Crippen LogP contribution in [0.2, 0.25) is 0 Å². The fraction of sp³-hybridized carbons (Fsp3) is 0.273. The summed E-state index contributed by atoms with van der Waals surface area (Å²) in [7, 11) is -3.31. The molecule has 0 atom stereocenters. The minimum atomic E-state index is -4.41. The molecule has 2 nitrogen and oxygen atoms in total. The van der Waals surface area contributed by atoms with Crippen molar-refractivity contribution in [2.45, 2.75) is 30.8 Å². The third-order valence-corrected chi connectivity index (χ3v) is 6.56. The first-order valence-corrected chi connectivity index (χ1v) is 10.8. The van der Waals surface area contributed by atoms with Gasteiger partial charge in [-0.2, -0.15) is 13.2 Å². The van der Waals surface area contributed by atoms with Gasteiger partial charge in [-0.3, -0.25) is 0 Å². The number of hydrogen-bond donors (Lipinski definition) is 0. The van der Waals surface area contributed by atoms with Gasteiger partial charge in [-0.25, -0.2) is 8.42 Å². The van der Waals surface area contributed by atoms with Crippen molar-refractivity contribution in [2.75, 3.05) is 6.26 Å². The largest absolute Gasteiger partial charge is 0.416 e. The molecule has 0 saturated heterocycles. The van der Waals surface area contributed by atoms with Crippen LogP contribution in [0.3, 0.4) is 0 Å². The molecule has 1 spiro atoms. The highest BCUT2D eigenvalue weighted by Crippen LogP contribution is 2.57. The van der Waals surface area contributed by atoms with Gasteiger partial charge in [-0.05, 0) is 65.8 Å². The van der Waals surface area contributed by atoms with Gasteiger partial charge >= 0.3 is 6.18 Å². The molecule has 0 N–H and O–H groups in total. The van der Waals surface area contributed by atoms with Crippen molar-refractivity contribution in [2.24, 2.45) is 5.41 Å². The number of rotatable bonds is 3. The summed E-state index contributed by atoms with van der Waals surface area (Å²) in [5.74, 6) is 0. The SMILES string of the molecule is Cc1ccc(C2=CC3(C=C2c2ccc(S(C)(=O)=O)cc2)CC3)cc1C(F)(F)F. The van der Waals surface area contributed by atoms with Crippen molar-refractivity contribution in [3.63, 3.8) is 0 Å². The molecule has 0 radical (unpaired) electrons. The van der Waals surface area contributed by atoms with Gasteiger partial charge in [0.05, 0.1) is 10.5 Å². The summed E-state index contributed by atoms with van der Waals surface area (Å²) >= 11 is 0. The molecular weight excluding hydrogens is 385 g/mol. The van der Waals surface area contributed by atoms with E-state index in [1.54, 1.807) is 18.2 Å². The van der Waals surface area contributed by atoms with Crippen LogP contribution in [0.1, 0.15) is 35.1 Å². The van der Waals surface area contributed by atoms with Crippen LogP contribution in [0.25, 0.3) is 11.1 Å². The Labute approximate surface area is 162 Å². The van der Waals surface area contributed by atoms with Crippen LogP contribution in [-0.4, -0.2) is 14.7 Å². The van der Waals surface area contributed by atoms with Crippen LogP contribution < -0.4 is 0 Å². The Kier molecular flexibility index (Phi) is 4.12. The Morgan fingerprint density at radius 2 is 1.43 bits per heavy atom. The van der Waals surface area contributed by atoms with Crippen LogP contribution >= 0.6 is 0 Å². The van der Waals surface area contributed by atoms with E-state index in [9.17, 15) is 21.6 Å². The molecule has 0 heterocycles. The summed E-state index contributed by atoms with van der Waals surface area (Å²) < 4.78 is 63.5. The molecule has 2 aliphatic rings. The molecule has 0 amide bonds. The second kappa shape index (κ2) is 6.08. The van der Waals surface area contributed by atoms with Crippen LogP contribution in [0, 0.1) is 12.3 Å². The average Bonchev–Trinajstić information content (AvgIpc) is 3.25. The monoisotopic (exact) mass is 404 g/mol. The molecule has 0 aliphatic heterocycles. The highest BCUT2D eigenvalue weighted by Gasteiger charge is 2.43. The van der Waals surface area contributed by atoms with Crippen molar-refractivity contribution >= 4 is 21.0 Å². The van der Waals surface area contributed by atoms with E-state index in [1.165, 1.54) is 31.2 Å². The van der Waals surface area contributed by atoms with Crippen molar-refractivity contribution in [3.05, 3.63) is 76.9 Å². The van der Waals surface area contributed by atoms with Gasteiger partial charge in [0, 0.05) is 11.7 Å². The zero-order valence-electron chi connectivity index (χ0n) is 15.5. The van der Waals surface area contributed by atoms with Gasteiger partial charge in [0.15, 0.2) is 9.84 Å². The van der Waals surface area contributed by atoms with Crippen LogP contribution in [-0.2, 0) is 16.0 Å². The number of benzene rings is 2. The van der Waals surface area contributed by atoms with Crippen molar-refractivity contribution in [3.8, 4) is 0 Å². The minimum Gasteiger partial charge on any atom is -0.224 e. The highest BCUT2D eigenvalue weighted by molar-refractivity contribution is 7.90. The minimum absolute atomic E-state index is 0.0799. The van der Waals surface area contributed by atoms with E-state index in [1.807, 2.05) is 0 Å². The maximum Gasteiger partial charge on any atom is 0.416 e. The molecule has 0 aromatic heterocycles. The summed E-state index contributed by atoms with van der Waals surface area (Å²) in [4.78, 5) is 0.219. The number of aryl methyl sites for hydroxylation is 1. The van der Waals surface area contributed by atoms with E-state index in [-0.39, 0.29) is 15.9 Å². The molecule has 2 aliphatic carbocycles. The van der Waals surface area contributed by atoms with Gasteiger partial charge in [0.25, 0.3) is 0 Å². The quantitative estimate of drug-likeness (QED) is 0.660. The Bertz CT molecular complexity index is 1120. The second-order valence-corrected chi connectivity index (χ2v) is 9.69. The van der Waals surface area contributed by atoms with Crippen LogP contribution in [0.4, 0.5) is 13.2 Å². The number of sulfone groups is 1. The lowest BCUT2D eigenvalue weighted by atomic mass is 9.92. The normalized spacial score (nSPS) is 18.2. The molecule has 146 valence electrons. The van der Waals surface area contributed by atoms with E-state index in [0.717, 1.165) is 35.8 Å². The maximum absolute atomic E-state index is 13.4. The lowest BCUT2D eigenvalue weighted by Gasteiger charge is -2.15. The molecule has 2 aromatic carbocycles. The van der Waals surface area contributed by atoms with E-state index in [0.29, 0.717) is 5.56 Å².